The van der Waals surface area contributed by atoms with E-state index in [-0.39, 0.29) is 24.0 Å². The summed E-state index contributed by atoms with van der Waals surface area (Å²) in [5.74, 6) is 1.29. The molecule has 4 fully saturated rings. The topological polar surface area (TPSA) is 105 Å². The van der Waals surface area contributed by atoms with Crippen LogP contribution < -0.4 is 15.4 Å². The van der Waals surface area contributed by atoms with Crippen molar-refractivity contribution in [1.29, 1.82) is 0 Å². The lowest BCUT2D eigenvalue weighted by Crippen LogP contribution is -2.61. The molecule has 2 atom stereocenters. The molecular weight excluding hydrogens is 408 g/mol. The Balaban J connectivity index is 1.54. The third-order valence-corrected chi connectivity index (χ3v) is 7.32. The molecule has 32 heavy (non-hydrogen) atoms. The second-order valence-electron chi connectivity index (χ2n) is 10.8. The SMILES string of the molecule is CNC(=O)C(C)(C)C=Cn1ncc(C(=O)NC2C3CC4CC2CC(O)(C4)C3)c1OC(C)C. The highest BCUT2D eigenvalue weighted by Gasteiger charge is 2.55. The number of carbonyl (C=O) groups excluding carboxylic acids is 2. The lowest BCUT2D eigenvalue weighted by Gasteiger charge is -2.58. The molecule has 4 aliphatic rings. The number of nitrogens with one attached hydrogen (secondary N) is 2. The number of rotatable bonds is 7. The van der Waals surface area contributed by atoms with Crippen molar-refractivity contribution < 1.29 is 19.4 Å². The molecule has 0 saturated heterocycles. The zero-order valence-corrected chi connectivity index (χ0v) is 19.7. The first-order valence-electron chi connectivity index (χ1n) is 11.7. The van der Waals surface area contributed by atoms with Gasteiger partial charge in [0, 0.05) is 19.3 Å². The molecule has 0 spiro atoms. The van der Waals surface area contributed by atoms with Gasteiger partial charge in [-0.1, -0.05) is 6.08 Å². The quantitative estimate of drug-likeness (QED) is 0.599. The molecule has 2 unspecified atom stereocenters. The van der Waals surface area contributed by atoms with E-state index in [1.54, 1.807) is 19.3 Å². The number of carbonyl (C=O) groups is 2. The van der Waals surface area contributed by atoms with Gasteiger partial charge < -0.3 is 20.5 Å². The molecule has 5 rings (SSSR count). The summed E-state index contributed by atoms with van der Waals surface area (Å²) in [4.78, 5) is 25.4. The summed E-state index contributed by atoms with van der Waals surface area (Å²) in [6.07, 6.45) is 9.41. The third-order valence-electron chi connectivity index (χ3n) is 7.32. The lowest BCUT2D eigenvalue weighted by molar-refractivity contribution is -0.137. The monoisotopic (exact) mass is 444 g/mol. The van der Waals surface area contributed by atoms with Gasteiger partial charge in [0.2, 0.25) is 11.8 Å². The highest BCUT2D eigenvalue weighted by Crippen LogP contribution is 2.55. The van der Waals surface area contributed by atoms with E-state index in [2.05, 4.69) is 15.7 Å². The van der Waals surface area contributed by atoms with Crippen LogP contribution >= 0.6 is 0 Å². The van der Waals surface area contributed by atoms with Gasteiger partial charge in [-0.25, -0.2) is 4.68 Å². The van der Waals surface area contributed by atoms with Gasteiger partial charge >= 0.3 is 0 Å². The van der Waals surface area contributed by atoms with E-state index in [9.17, 15) is 14.7 Å². The minimum Gasteiger partial charge on any atom is -0.474 e. The van der Waals surface area contributed by atoms with Crippen molar-refractivity contribution in [3.8, 4) is 5.88 Å². The number of amides is 2. The first-order chi connectivity index (χ1) is 15.0. The van der Waals surface area contributed by atoms with Crippen LogP contribution in [0.15, 0.2) is 12.3 Å². The van der Waals surface area contributed by atoms with Crippen LogP contribution in [-0.4, -0.2) is 51.5 Å². The van der Waals surface area contributed by atoms with Crippen LogP contribution in [0, 0.1) is 23.2 Å². The van der Waals surface area contributed by atoms with E-state index in [1.807, 2.05) is 27.7 Å². The molecule has 2 amide bonds. The number of aromatic nitrogens is 2. The zero-order valence-electron chi connectivity index (χ0n) is 19.7. The molecule has 3 N–H and O–H groups in total. The Morgan fingerprint density at radius 2 is 1.94 bits per heavy atom. The van der Waals surface area contributed by atoms with Crippen molar-refractivity contribution in [3.05, 3.63) is 17.8 Å². The number of hydrogen-bond donors (Lipinski definition) is 3. The smallest absolute Gasteiger partial charge is 0.258 e. The Labute approximate surface area is 189 Å². The van der Waals surface area contributed by atoms with Gasteiger partial charge in [0.1, 0.15) is 5.56 Å². The average Bonchev–Trinajstić information content (AvgIpc) is 3.09. The van der Waals surface area contributed by atoms with Gasteiger partial charge in [-0.15, -0.1) is 0 Å². The molecule has 1 heterocycles. The molecule has 1 aromatic rings. The van der Waals surface area contributed by atoms with Crippen LogP contribution in [0.4, 0.5) is 0 Å². The fraction of sp³-hybridized carbons (Fsp3) is 0.708. The van der Waals surface area contributed by atoms with Crippen LogP contribution in [0.3, 0.4) is 0 Å². The Bertz CT molecular complexity index is 903. The Kier molecular flexibility index (Phi) is 5.86. The van der Waals surface area contributed by atoms with Crippen LogP contribution in [0.25, 0.3) is 6.20 Å². The number of nitrogens with zero attached hydrogens (tertiary/aromatic N) is 2. The maximum Gasteiger partial charge on any atom is 0.258 e. The zero-order chi connectivity index (χ0) is 23.3. The molecule has 4 saturated carbocycles. The van der Waals surface area contributed by atoms with Gasteiger partial charge in [0.25, 0.3) is 5.91 Å². The minimum atomic E-state index is -0.737. The predicted molar refractivity (Wildman–Crippen MR) is 121 cm³/mol. The Morgan fingerprint density at radius 3 is 2.50 bits per heavy atom. The highest BCUT2D eigenvalue weighted by molar-refractivity contribution is 5.96. The summed E-state index contributed by atoms with van der Waals surface area (Å²) in [5, 5.41) is 21.1. The van der Waals surface area contributed by atoms with Crippen molar-refractivity contribution in [2.75, 3.05) is 7.05 Å². The standard InChI is InChI=1S/C24H36N4O4/c1-14(2)32-21-18(13-26-28(21)7-6-23(3,4)22(30)25-5)20(29)27-19-16-8-15-9-17(19)12-24(31,10-15)11-16/h6-7,13-17,19,31H,8-12H2,1-5H3,(H,25,30)(H,27,29). The molecule has 8 nitrogen and oxygen atoms in total. The lowest BCUT2D eigenvalue weighted by atomic mass is 9.52. The minimum absolute atomic E-state index is 0.0808. The molecule has 4 aliphatic carbocycles. The molecule has 176 valence electrons. The van der Waals surface area contributed by atoms with Crippen molar-refractivity contribution >= 4 is 18.0 Å². The average molecular weight is 445 g/mol. The fourth-order valence-electron chi connectivity index (χ4n) is 6.05. The highest BCUT2D eigenvalue weighted by atomic mass is 16.5. The number of ether oxygens (including phenoxy) is 1. The van der Waals surface area contributed by atoms with Crippen molar-refractivity contribution in [1.82, 2.24) is 20.4 Å². The van der Waals surface area contributed by atoms with E-state index in [1.165, 1.54) is 10.9 Å². The second kappa shape index (κ2) is 8.21. The third kappa shape index (κ3) is 4.29. The van der Waals surface area contributed by atoms with Crippen LogP contribution in [0.2, 0.25) is 0 Å². The molecule has 4 bridgehead atoms. The second-order valence-corrected chi connectivity index (χ2v) is 10.8. The Hall–Kier alpha value is -2.35. The number of hydrogen-bond acceptors (Lipinski definition) is 5. The van der Waals surface area contributed by atoms with Gasteiger partial charge in [0.05, 0.1) is 23.3 Å². The summed E-state index contributed by atoms with van der Waals surface area (Å²) >= 11 is 0. The van der Waals surface area contributed by atoms with Gasteiger partial charge in [-0.05, 0) is 77.6 Å². The van der Waals surface area contributed by atoms with E-state index < -0.39 is 11.0 Å². The van der Waals surface area contributed by atoms with E-state index in [0.717, 1.165) is 32.1 Å². The van der Waals surface area contributed by atoms with Gasteiger partial charge in [-0.2, -0.15) is 5.10 Å². The van der Waals surface area contributed by atoms with Crippen molar-refractivity contribution in [2.24, 2.45) is 23.2 Å². The van der Waals surface area contributed by atoms with Gasteiger partial charge in [-0.3, -0.25) is 9.59 Å². The Morgan fingerprint density at radius 1 is 1.28 bits per heavy atom. The van der Waals surface area contributed by atoms with E-state index >= 15 is 0 Å². The normalized spacial score (nSPS) is 31.3. The first-order valence-corrected chi connectivity index (χ1v) is 11.7. The first kappa shape index (κ1) is 22.8. The maximum absolute atomic E-state index is 13.3. The number of aliphatic hydroxyl groups is 1. The van der Waals surface area contributed by atoms with E-state index in [4.69, 9.17) is 4.74 Å². The summed E-state index contributed by atoms with van der Waals surface area (Å²) in [5.41, 5.74) is -0.885. The van der Waals surface area contributed by atoms with Crippen molar-refractivity contribution in [3.63, 3.8) is 0 Å². The van der Waals surface area contributed by atoms with Crippen molar-refractivity contribution in [2.45, 2.75) is 77.5 Å². The summed E-state index contributed by atoms with van der Waals surface area (Å²) in [6, 6.07) is 0.0808. The summed E-state index contributed by atoms with van der Waals surface area (Å²) in [6.45, 7) is 7.41. The van der Waals surface area contributed by atoms with E-state index in [0.29, 0.717) is 29.2 Å². The molecule has 0 radical (unpaired) electrons. The van der Waals surface area contributed by atoms with Crippen LogP contribution in [-0.2, 0) is 4.79 Å². The molecule has 8 heteroatoms. The summed E-state index contributed by atoms with van der Waals surface area (Å²) in [7, 11) is 1.60. The summed E-state index contributed by atoms with van der Waals surface area (Å²) < 4.78 is 7.47. The van der Waals surface area contributed by atoms with Crippen LogP contribution in [0.1, 0.15) is 70.2 Å². The van der Waals surface area contributed by atoms with Crippen LogP contribution in [0.5, 0.6) is 5.88 Å². The molecule has 0 aromatic carbocycles. The molecule has 0 aliphatic heterocycles. The molecule has 1 aromatic heterocycles. The largest absolute Gasteiger partial charge is 0.474 e. The predicted octanol–water partition coefficient (Wildman–Crippen LogP) is 2.58. The fourth-order valence-corrected chi connectivity index (χ4v) is 6.05. The maximum atomic E-state index is 13.3. The van der Waals surface area contributed by atoms with Gasteiger partial charge in [0.15, 0.2) is 0 Å². The molecular formula is C24H36N4O4.